The minimum absolute atomic E-state index is 0.133. The van der Waals surface area contributed by atoms with Gasteiger partial charge in [0.05, 0.1) is 18.1 Å². The zero-order valence-corrected chi connectivity index (χ0v) is 10.3. The van der Waals surface area contributed by atoms with Crippen LogP contribution in [0.2, 0.25) is 0 Å². The molecule has 0 unspecified atom stereocenters. The van der Waals surface area contributed by atoms with Gasteiger partial charge in [-0.15, -0.1) is 11.3 Å². The number of ether oxygens (including phenoxy) is 1. The summed E-state index contributed by atoms with van der Waals surface area (Å²) >= 11 is 6.57. The Hall–Kier alpha value is -0.980. The van der Waals surface area contributed by atoms with Gasteiger partial charge >= 0.3 is 0 Å². The van der Waals surface area contributed by atoms with Gasteiger partial charge < -0.3 is 9.64 Å². The van der Waals surface area contributed by atoms with Gasteiger partial charge in [-0.05, 0) is 23.7 Å². The fourth-order valence-electron chi connectivity index (χ4n) is 1.41. The summed E-state index contributed by atoms with van der Waals surface area (Å²) in [6.07, 6.45) is 0. The van der Waals surface area contributed by atoms with Crippen LogP contribution in [0.1, 0.15) is 9.67 Å². The first-order valence-corrected chi connectivity index (χ1v) is 6.27. The smallest absolute Gasteiger partial charge is 0.267 e. The summed E-state index contributed by atoms with van der Waals surface area (Å²) in [6.45, 7) is 2.80. The molecule has 1 aromatic rings. The maximum Gasteiger partial charge on any atom is 0.267 e. The minimum atomic E-state index is -0.133. The van der Waals surface area contributed by atoms with Gasteiger partial charge in [0, 0.05) is 13.1 Å². The van der Waals surface area contributed by atoms with Crippen LogP contribution in [0.4, 0.5) is 0 Å². The van der Waals surface area contributed by atoms with E-state index in [2.05, 4.69) is 5.32 Å². The van der Waals surface area contributed by atoms with Crippen molar-refractivity contribution < 1.29 is 9.53 Å². The van der Waals surface area contributed by atoms with Crippen LogP contribution < -0.4 is 5.32 Å². The minimum Gasteiger partial charge on any atom is -0.378 e. The van der Waals surface area contributed by atoms with E-state index in [1.165, 1.54) is 11.3 Å². The molecule has 0 aliphatic carbocycles. The molecule has 16 heavy (non-hydrogen) atoms. The molecule has 1 saturated heterocycles. The van der Waals surface area contributed by atoms with Crippen LogP contribution >= 0.6 is 23.6 Å². The molecule has 0 atom stereocenters. The summed E-state index contributed by atoms with van der Waals surface area (Å²) in [5.41, 5.74) is 0. The zero-order valence-electron chi connectivity index (χ0n) is 8.64. The highest BCUT2D eigenvalue weighted by atomic mass is 32.1. The molecule has 0 radical (unpaired) electrons. The molecule has 1 amide bonds. The molecule has 2 heterocycles. The van der Waals surface area contributed by atoms with Gasteiger partial charge in [0.1, 0.15) is 0 Å². The molecule has 1 aliphatic rings. The lowest BCUT2D eigenvalue weighted by Gasteiger charge is -2.28. The third-order valence-electron chi connectivity index (χ3n) is 2.26. The second kappa shape index (κ2) is 5.38. The number of nitrogens with zero attached hydrogens (tertiary/aromatic N) is 1. The number of rotatable bonds is 1. The molecule has 2 rings (SSSR count). The van der Waals surface area contributed by atoms with E-state index in [0.29, 0.717) is 23.2 Å². The van der Waals surface area contributed by atoms with Crippen LogP contribution in [0, 0.1) is 0 Å². The van der Waals surface area contributed by atoms with Crippen molar-refractivity contribution in [3.05, 3.63) is 22.4 Å². The zero-order chi connectivity index (χ0) is 11.4. The molecule has 4 nitrogen and oxygen atoms in total. The Morgan fingerprint density at radius 1 is 1.50 bits per heavy atom. The lowest BCUT2D eigenvalue weighted by atomic mass is 10.4. The Balaban J connectivity index is 1.89. The molecule has 6 heteroatoms. The Kier molecular flexibility index (Phi) is 3.87. The van der Waals surface area contributed by atoms with Crippen molar-refractivity contribution in [2.75, 3.05) is 26.3 Å². The van der Waals surface area contributed by atoms with Crippen molar-refractivity contribution >= 4 is 34.6 Å². The number of carbonyl (C=O) groups is 1. The maximum absolute atomic E-state index is 11.7. The number of morpholine rings is 1. The summed E-state index contributed by atoms with van der Waals surface area (Å²) in [7, 11) is 0. The van der Waals surface area contributed by atoms with E-state index in [4.69, 9.17) is 17.0 Å². The van der Waals surface area contributed by atoms with E-state index in [9.17, 15) is 4.79 Å². The summed E-state index contributed by atoms with van der Waals surface area (Å²) in [5, 5.41) is 5.08. The lowest BCUT2D eigenvalue weighted by molar-refractivity contribution is 0.0669. The third kappa shape index (κ3) is 2.78. The predicted molar refractivity (Wildman–Crippen MR) is 66.8 cm³/mol. The maximum atomic E-state index is 11.7. The number of thiophene rings is 1. The predicted octanol–water partition coefficient (Wildman–Crippen LogP) is 1.09. The summed E-state index contributed by atoms with van der Waals surface area (Å²) in [6, 6.07) is 3.62. The highest BCUT2D eigenvalue weighted by Crippen LogP contribution is 2.08. The van der Waals surface area contributed by atoms with Crippen LogP contribution in [0.25, 0.3) is 0 Å². The largest absolute Gasteiger partial charge is 0.378 e. The molecule has 86 valence electrons. The lowest BCUT2D eigenvalue weighted by Crippen LogP contribution is -2.47. The first-order valence-electron chi connectivity index (χ1n) is 4.99. The Labute approximate surface area is 103 Å². The quantitative estimate of drug-likeness (QED) is 0.764. The van der Waals surface area contributed by atoms with E-state index in [1.807, 2.05) is 16.3 Å². The van der Waals surface area contributed by atoms with Crippen molar-refractivity contribution in [1.82, 2.24) is 10.2 Å². The number of carbonyl (C=O) groups excluding carboxylic acids is 1. The highest BCUT2D eigenvalue weighted by molar-refractivity contribution is 7.80. The Morgan fingerprint density at radius 2 is 2.25 bits per heavy atom. The number of hydrogen-bond acceptors (Lipinski definition) is 4. The van der Waals surface area contributed by atoms with E-state index in [1.54, 1.807) is 6.07 Å². The topological polar surface area (TPSA) is 41.6 Å². The van der Waals surface area contributed by atoms with Crippen LogP contribution in [0.15, 0.2) is 17.5 Å². The van der Waals surface area contributed by atoms with E-state index in [0.717, 1.165) is 13.1 Å². The average molecular weight is 256 g/mol. The average Bonchev–Trinajstić information content (AvgIpc) is 2.83. The standard InChI is InChI=1S/C10H12N2O2S2/c13-9(8-2-1-7-16-8)11-10(15)12-3-5-14-6-4-12/h1-2,7H,3-6H2,(H,11,13,15). The van der Waals surface area contributed by atoms with E-state index >= 15 is 0 Å². The van der Waals surface area contributed by atoms with Crippen molar-refractivity contribution in [3.8, 4) is 0 Å². The van der Waals surface area contributed by atoms with Crippen LogP contribution in [-0.2, 0) is 4.74 Å². The van der Waals surface area contributed by atoms with Crippen LogP contribution in [0.5, 0.6) is 0 Å². The molecular weight excluding hydrogens is 244 g/mol. The third-order valence-corrected chi connectivity index (χ3v) is 3.49. The Bertz CT molecular complexity index is 372. The monoisotopic (exact) mass is 256 g/mol. The number of hydrogen-bond donors (Lipinski definition) is 1. The molecule has 0 bridgehead atoms. The van der Waals surface area contributed by atoms with Crippen molar-refractivity contribution in [3.63, 3.8) is 0 Å². The van der Waals surface area contributed by atoms with Crippen molar-refractivity contribution in [1.29, 1.82) is 0 Å². The molecule has 0 saturated carbocycles. The summed E-state index contributed by atoms with van der Waals surface area (Å²) in [4.78, 5) is 14.3. The summed E-state index contributed by atoms with van der Waals surface area (Å²) in [5.74, 6) is -0.133. The second-order valence-electron chi connectivity index (χ2n) is 3.34. The first-order chi connectivity index (χ1) is 7.77. The van der Waals surface area contributed by atoms with Gasteiger partial charge in [0.2, 0.25) is 0 Å². The molecule has 1 N–H and O–H groups in total. The Morgan fingerprint density at radius 3 is 2.88 bits per heavy atom. The molecule has 0 spiro atoms. The molecule has 1 aliphatic heterocycles. The first kappa shape index (κ1) is 11.5. The SMILES string of the molecule is O=C(NC(=S)N1CCOCC1)c1cccs1. The summed E-state index contributed by atoms with van der Waals surface area (Å²) < 4.78 is 5.22. The second-order valence-corrected chi connectivity index (χ2v) is 4.67. The van der Waals surface area contributed by atoms with E-state index in [-0.39, 0.29) is 5.91 Å². The van der Waals surface area contributed by atoms with Gasteiger partial charge in [-0.25, -0.2) is 0 Å². The number of amides is 1. The van der Waals surface area contributed by atoms with Gasteiger partial charge in [-0.2, -0.15) is 0 Å². The number of nitrogens with one attached hydrogen (secondary N) is 1. The number of thiocarbonyl (C=S) groups is 1. The van der Waals surface area contributed by atoms with E-state index < -0.39 is 0 Å². The fraction of sp³-hybridized carbons (Fsp3) is 0.400. The van der Waals surface area contributed by atoms with Gasteiger partial charge in [0.25, 0.3) is 5.91 Å². The van der Waals surface area contributed by atoms with Crippen LogP contribution in [0.3, 0.4) is 0 Å². The van der Waals surface area contributed by atoms with Gasteiger partial charge in [-0.3, -0.25) is 10.1 Å². The normalized spacial score (nSPS) is 15.9. The highest BCUT2D eigenvalue weighted by Gasteiger charge is 2.16. The van der Waals surface area contributed by atoms with Crippen molar-refractivity contribution in [2.45, 2.75) is 0 Å². The fourth-order valence-corrected chi connectivity index (χ4v) is 2.31. The molecule has 1 aromatic heterocycles. The molecular formula is C10H12N2O2S2. The molecule has 1 fully saturated rings. The van der Waals surface area contributed by atoms with Crippen molar-refractivity contribution in [2.24, 2.45) is 0 Å². The van der Waals surface area contributed by atoms with Gasteiger partial charge in [-0.1, -0.05) is 6.07 Å². The molecule has 0 aromatic carbocycles. The van der Waals surface area contributed by atoms with Gasteiger partial charge in [0.15, 0.2) is 5.11 Å². The van der Waals surface area contributed by atoms with Crippen LogP contribution in [-0.4, -0.2) is 42.2 Å².